The predicted molar refractivity (Wildman–Crippen MR) is 380 cm³/mol. The van der Waals surface area contributed by atoms with Crippen molar-refractivity contribution in [3.8, 4) is 5.75 Å². The van der Waals surface area contributed by atoms with Crippen molar-refractivity contribution in [2.75, 3.05) is 19.6 Å². The normalized spacial score (nSPS) is 15.5. The summed E-state index contributed by atoms with van der Waals surface area (Å²) in [6.45, 7) is 4.73. The van der Waals surface area contributed by atoms with Crippen LogP contribution in [0.15, 0.2) is 54.7 Å². The molecule has 3 aromatic rings. The molecule has 1 aliphatic heterocycles. The SMILES string of the molecule is CC(C)C[C@H](N)C(=O)N[C@@H](Cc1ccc(O)cc1)C(=O)N[C@@H](CC(=O)O)C(=O)N[C@@H](CC(=O)O)C(=O)N[C@@H](CCCCN)C(=O)N[C@@H](CC(N)=O)C(=O)N[C@@H](Cc1c[nH]c2ccccc12)C(=O)N[C@@H](CC(=O)O)C(=O)N[C@@H](CCCNC(=N)N)C(=O)N[C@@H](C)C(=O)N1CCC[C@H]1C(=O)N[C@@H](CCC(N)=O)C(=O)O. The number of hydrogen-bond acceptors (Lipinski definition) is 21. The number of aromatic nitrogens is 1. The molecule has 1 aromatic heterocycles. The van der Waals surface area contributed by atoms with E-state index in [1.54, 1.807) is 38.1 Å². The zero-order chi connectivity index (χ0) is 80.6. The summed E-state index contributed by atoms with van der Waals surface area (Å²) in [6, 6.07) is -8.74. The van der Waals surface area contributed by atoms with E-state index in [9.17, 15) is 107 Å². The van der Waals surface area contributed by atoms with Gasteiger partial charge in [0.15, 0.2) is 5.96 Å². The fourth-order valence-corrected chi connectivity index (χ4v) is 11.5. The summed E-state index contributed by atoms with van der Waals surface area (Å²) >= 11 is 0. The molecule has 41 heteroatoms. The van der Waals surface area contributed by atoms with E-state index in [2.05, 4.69) is 63.5 Å². The van der Waals surface area contributed by atoms with Crippen LogP contribution >= 0.6 is 0 Å². The Bertz CT molecular complexity index is 3760. The molecule has 28 N–H and O–H groups in total. The zero-order valence-electron chi connectivity index (χ0n) is 59.6. The number of carboxylic acid groups (broad SMARTS) is 4. The summed E-state index contributed by atoms with van der Waals surface area (Å²) in [7, 11) is 0. The van der Waals surface area contributed by atoms with Gasteiger partial charge in [-0.05, 0) is 106 Å². The first-order valence-electron chi connectivity index (χ1n) is 34.5. The summed E-state index contributed by atoms with van der Waals surface area (Å²) in [4.78, 5) is 233. The number of hydrogen-bond donors (Lipinski definition) is 23. The van der Waals surface area contributed by atoms with Gasteiger partial charge in [-0.1, -0.05) is 44.2 Å². The van der Waals surface area contributed by atoms with Crippen LogP contribution in [0.3, 0.4) is 0 Å². The number of H-pyrrole nitrogens is 1. The van der Waals surface area contributed by atoms with E-state index in [-0.39, 0.29) is 102 Å². The number of para-hydroxylation sites is 1. The van der Waals surface area contributed by atoms with E-state index >= 15 is 0 Å². The van der Waals surface area contributed by atoms with Gasteiger partial charge in [0.2, 0.25) is 76.8 Å². The Kier molecular flexibility index (Phi) is 35.5. The van der Waals surface area contributed by atoms with E-state index in [0.29, 0.717) is 22.0 Å². The van der Waals surface area contributed by atoms with Gasteiger partial charge >= 0.3 is 23.9 Å². The molecular weight excluding hydrogens is 1420 g/mol. The molecule has 0 saturated carbocycles. The highest BCUT2D eigenvalue weighted by Crippen LogP contribution is 2.22. The number of rotatable bonds is 47. The minimum Gasteiger partial charge on any atom is -0.508 e. The van der Waals surface area contributed by atoms with Crippen molar-refractivity contribution >= 4 is 118 Å². The van der Waals surface area contributed by atoms with Crippen molar-refractivity contribution in [1.82, 2.24) is 68.4 Å². The number of aliphatic carboxylic acids is 4. The second-order valence-corrected chi connectivity index (χ2v) is 26.2. The number of carbonyl (C=O) groups is 17. The number of aromatic hydroxyl groups is 1. The maximum absolute atomic E-state index is 14.8. The van der Waals surface area contributed by atoms with Crippen LogP contribution in [0.25, 0.3) is 10.9 Å². The molecule has 2 aromatic carbocycles. The van der Waals surface area contributed by atoms with Crippen LogP contribution in [0.2, 0.25) is 0 Å². The fraction of sp³-hybridized carbons (Fsp3) is 0.522. The summed E-state index contributed by atoms with van der Waals surface area (Å²) < 4.78 is 0. The number of amides is 13. The molecule has 4 rings (SSSR count). The zero-order valence-corrected chi connectivity index (χ0v) is 59.6. The molecule has 13 amide bonds. The summed E-state index contributed by atoms with van der Waals surface area (Å²) in [5.74, 6) is -22.1. The number of unbranched alkanes of at least 4 members (excludes halogenated alkanes) is 1. The third kappa shape index (κ3) is 29.8. The monoisotopic (exact) mass is 1520 g/mol. The van der Waals surface area contributed by atoms with Crippen LogP contribution < -0.4 is 87.2 Å². The van der Waals surface area contributed by atoms with Gasteiger partial charge in [-0.2, -0.15) is 0 Å². The molecule has 0 unspecified atom stereocenters. The van der Waals surface area contributed by atoms with Gasteiger partial charge in [0.05, 0.1) is 31.7 Å². The minimum atomic E-state index is -2.17. The van der Waals surface area contributed by atoms with Crippen molar-refractivity contribution in [2.45, 2.75) is 196 Å². The Labute approximate surface area is 618 Å². The number of nitrogens with two attached hydrogens (primary N) is 5. The molecule has 108 heavy (non-hydrogen) atoms. The summed E-state index contributed by atoms with van der Waals surface area (Å²) in [6.07, 6.45) is -4.74. The Balaban J connectivity index is 1.65. The molecule has 0 spiro atoms. The molecule has 1 aliphatic rings. The lowest BCUT2D eigenvalue weighted by atomic mass is 10.0. The third-order valence-electron chi connectivity index (χ3n) is 16.9. The number of carbonyl (C=O) groups excluding carboxylic acids is 13. The molecule has 12 atom stereocenters. The summed E-state index contributed by atoms with van der Waals surface area (Å²) in [5.41, 5.74) is 29.2. The van der Waals surface area contributed by atoms with E-state index in [1.807, 2.05) is 0 Å². The van der Waals surface area contributed by atoms with Crippen molar-refractivity contribution in [1.29, 1.82) is 5.41 Å². The number of phenolic OH excluding ortho intramolecular Hbond substituents is 1. The lowest BCUT2D eigenvalue weighted by Gasteiger charge is -2.29. The van der Waals surface area contributed by atoms with Crippen molar-refractivity contribution in [3.05, 3.63) is 65.9 Å². The first kappa shape index (κ1) is 88.4. The van der Waals surface area contributed by atoms with Crippen LogP contribution in [0.4, 0.5) is 0 Å². The lowest BCUT2D eigenvalue weighted by Crippen LogP contribution is -2.61. The number of carboxylic acids is 4. The fourth-order valence-electron chi connectivity index (χ4n) is 11.5. The second-order valence-electron chi connectivity index (χ2n) is 26.2. The topological polar surface area (TPSA) is 697 Å². The van der Waals surface area contributed by atoms with Crippen molar-refractivity contribution < 1.29 is 107 Å². The first-order valence-corrected chi connectivity index (χ1v) is 34.5. The number of primary amides is 2. The number of fused-ring (bicyclic) bond motifs is 1. The third-order valence-corrected chi connectivity index (χ3v) is 16.9. The smallest absolute Gasteiger partial charge is 0.326 e. The Hall–Kier alpha value is -12.0. The average molecular weight is 1520 g/mol. The maximum Gasteiger partial charge on any atom is 0.326 e. The standard InChI is InChI=1S/C67H97N19O22/c1-32(2)24-38(69)55(96)80-43(25-34-15-17-36(87)18-16-34)58(99)83-48(30-54(94)95)63(104)85-47(29-53(92)93)61(102)77-40(12-6-7-21-68)57(98)82-45(27-51(71)89)60(101)81-44(26-35-31-75-39-11-5-4-10-37(35)39)59(100)84-46(28-52(90)91)62(103)78-41(13-8-22-74-67(72)73)56(97)76-33(3)65(106)86-23-9-14-49(86)64(105)79-42(66(107)108)19-20-50(70)88/h4-5,10-11,15-18,31-33,38,40-49,75,87H,6-9,12-14,19-30,68-69H2,1-3H3,(H2,70,88)(H2,71,89)(H,76,97)(H,77,102)(H,78,103)(H,79,105)(H,80,96)(H,81,101)(H,82,98)(H,83,99)(H,84,100)(H,85,104)(H,90,91)(H,92,93)(H,94,95)(H,107,108)(H4,72,73,74)/t33-,38-,40-,41-,42-,43-,44-,45-,46-,47-,48-,49-/m0/s1. The van der Waals surface area contributed by atoms with Gasteiger partial charge in [-0.15, -0.1) is 0 Å². The number of nitrogens with one attached hydrogen (secondary N) is 13. The molecule has 41 nitrogen and oxygen atoms in total. The van der Waals surface area contributed by atoms with E-state index in [1.165, 1.54) is 37.4 Å². The molecule has 592 valence electrons. The van der Waals surface area contributed by atoms with E-state index in [4.69, 9.17) is 34.1 Å². The van der Waals surface area contributed by atoms with Gasteiger partial charge in [0, 0.05) is 49.5 Å². The van der Waals surface area contributed by atoms with Gasteiger partial charge in [0.25, 0.3) is 0 Å². The largest absolute Gasteiger partial charge is 0.508 e. The molecule has 0 bridgehead atoms. The number of phenols is 1. The molecule has 1 fully saturated rings. The number of nitrogens with zero attached hydrogens (tertiary/aromatic N) is 1. The van der Waals surface area contributed by atoms with Gasteiger partial charge < -0.3 is 123 Å². The van der Waals surface area contributed by atoms with Crippen LogP contribution in [-0.4, -0.2) is 234 Å². The quantitative estimate of drug-likeness (QED) is 0.0142. The average Bonchev–Trinajstić information content (AvgIpc) is 1.47. The Morgan fingerprint density at radius 3 is 1.49 bits per heavy atom. The number of likely N-dealkylation sites (tertiary alicyclic amines) is 1. The highest BCUT2D eigenvalue weighted by molar-refractivity contribution is 6.02. The second kappa shape index (κ2) is 43.4. The first-order chi connectivity index (χ1) is 50.9. The van der Waals surface area contributed by atoms with Crippen LogP contribution in [0.1, 0.15) is 122 Å². The van der Waals surface area contributed by atoms with E-state index in [0.717, 1.165) is 4.90 Å². The highest BCUT2D eigenvalue weighted by Gasteiger charge is 2.41. The molecule has 0 aliphatic carbocycles. The van der Waals surface area contributed by atoms with Gasteiger partial charge in [-0.25, -0.2) is 4.79 Å². The van der Waals surface area contributed by atoms with Gasteiger partial charge in [0.1, 0.15) is 72.2 Å². The number of aromatic amines is 1. The minimum absolute atomic E-state index is 0.0213. The van der Waals surface area contributed by atoms with Crippen LogP contribution in [-0.2, 0) is 94.3 Å². The van der Waals surface area contributed by atoms with Gasteiger partial charge in [-0.3, -0.25) is 82.1 Å². The maximum atomic E-state index is 14.8. The van der Waals surface area contributed by atoms with Crippen molar-refractivity contribution in [2.24, 2.45) is 34.6 Å². The summed E-state index contributed by atoms with van der Waals surface area (Å²) in [5, 5.41) is 83.3. The number of guanidine groups is 1. The molecule has 1 saturated heterocycles. The van der Waals surface area contributed by atoms with Crippen LogP contribution in [0, 0.1) is 11.3 Å². The van der Waals surface area contributed by atoms with Crippen LogP contribution in [0.5, 0.6) is 5.75 Å². The predicted octanol–water partition coefficient (Wildman–Crippen LogP) is -6.07. The molecular formula is C67H97N19O22. The molecule has 0 radical (unpaired) electrons. The van der Waals surface area contributed by atoms with Crippen molar-refractivity contribution in [3.63, 3.8) is 0 Å². The highest BCUT2D eigenvalue weighted by atomic mass is 16.4. The number of benzene rings is 2. The molecule has 2 heterocycles. The lowest BCUT2D eigenvalue weighted by molar-refractivity contribution is -0.145. The Morgan fingerprint density at radius 2 is 1.00 bits per heavy atom. The van der Waals surface area contributed by atoms with E-state index < -0.39 is 211 Å². The Morgan fingerprint density at radius 1 is 0.537 bits per heavy atom.